The van der Waals surface area contributed by atoms with E-state index in [4.69, 9.17) is 5.73 Å². The largest absolute Gasteiger partial charge is 0.372 e. The number of hydrogen-bond donors (Lipinski definition) is 1. The van der Waals surface area contributed by atoms with Gasteiger partial charge in [-0.25, -0.2) is 0 Å². The fraction of sp³-hybridized carbons (Fsp3) is 0.500. The van der Waals surface area contributed by atoms with E-state index in [0.29, 0.717) is 6.54 Å². The summed E-state index contributed by atoms with van der Waals surface area (Å²) >= 11 is 0. The Kier molecular flexibility index (Phi) is 3.96. The van der Waals surface area contributed by atoms with Gasteiger partial charge >= 0.3 is 0 Å². The Hall–Kier alpha value is -1.02. The third-order valence-electron chi connectivity index (χ3n) is 2.69. The van der Waals surface area contributed by atoms with E-state index in [1.165, 1.54) is 16.8 Å². The molecule has 0 amide bonds. The van der Waals surface area contributed by atoms with E-state index in [0.717, 1.165) is 13.1 Å². The zero-order valence-corrected chi connectivity index (χ0v) is 9.38. The van der Waals surface area contributed by atoms with Crippen LogP contribution in [0.4, 0.5) is 5.69 Å². The Morgan fingerprint density at radius 1 is 1.21 bits per heavy atom. The molecule has 0 atom stereocenters. The molecule has 14 heavy (non-hydrogen) atoms. The van der Waals surface area contributed by atoms with Crippen molar-refractivity contribution in [3.63, 3.8) is 0 Å². The molecule has 78 valence electrons. The van der Waals surface area contributed by atoms with Gasteiger partial charge in [-0.1, -0.05) is 12.1 Å². The minimum absolute atomic E-state index is 0.624. The molecule has 1 rings (SSSR count). The van der Waals surface area contributed by atoms with Crippen LogP contribution in [0.15, 0.2) is 18.2 Å². The van der Waals surface area contributed by atoms with Crippen molar-refractivity contribution in [1.82, 2.24) is 0 Å². The van der Waals surface area contributed by atoms with Gasteiger partial charge in [-0.2, -0.15) is 0 Å². The monoisotopic (exact) mass is 192 g/mol. The summed E-state index contributed by atoms with van der Waals surface area (Å²) < 4.78 is 0. The van der Waals surface area contributed by atoms with E-state index in [-0.39, 0.29) is 0 Å². The molecule has 0 aliphatic heterocycles. The first-order chi connectivity index (χ1) is 6.74. The van der Waals surface area contributed by atoms with Gasteiger partial charge in [0.15, 0.2) is 0 Å². The molecule has 2 N–H and O–H groups in total. The summed E-state index contributed by atoms with van der Waals surface area (Å²) in [6, 6.07) is 6.37. The first-order valence-electron chi connectivity index (χ1n) is 5.28. The molecule has 1 aromatic carbocycles. The first-order valence-corrected chi connectivity index (χ1v) is 5.28. The van der Waals surface area contributed by atoms with Crippen LogP contribution in [0.25, 0.3) is 0 Å². The highest BCUT2D eigenvalue weighted by molar-refractivity contribution is 5.56. The second-order valence-corrected chi connectivity index (χ2v) is 3.45. The van der Waals surface area contributed by atoms with Crippen molar-refractivity contribution in [2.24, 2.45) is 5.73 Å². The molecule has 2 heteroatoms. The zero-order valence-electron chi connectivity index (χ0n) is 9.38. The van der Waals surface area contributed by atoms with Gasteiger partial charge in [0, 0.05) is 25.3 Å². The molecule has 0 radical (unpaired) electrons. The second-order valence-electron chi connectivity index (χ2n) is 3.45. The van der Waals surface area contributed by atoms with Crippen molar-refractivity contribution in [1.29, 1.82) is 0 Å². The summed E-state index contributed by atoms with van der Waals surface area (Å²) in [4.78, 5) is 2.34. The van der Waals surface area contributed by atoms with Crippen LogP contribution in [0.1, 0.15) is 25.0 Å². The molecular formula is C12H20N2. The average molecular weight is 192 g/mol. The standard InChI is InChI=1S/C12H20N2/c1-4-14(5-2)12-8-6-7-10(3)11(12)9-13/h6-8H,4-5,9,13H2,1-3H3. The molecule has 0 unspecified atom stereocenters. The van der Waals surface area contributed by atoms with Crippen LogP contribution in [-0.4, -0.2) is 13.1 Å². The molecule has 0 bridgehead atoms. The number of aryl methyl sites for hydroxylation is 1. The van der Waals surface area contributed by atoms with Crippen LogP contribution in [0.5, 0.6) is 0 Å². The van der Waals surface area contributed by atoms with Gasteiger partial charge in [-0.3, -0.25) is 0 Å². The van der Waals surface area contributed by atoms with Crippen LogP contribution >= 0.6 is 0 Å². The van der Waals surface area contributed by atoms with E-state index in [2.05, 4.69) is 43.9 Å². The number of nitrogens with two attached hydrogens (primary N) is 1. The molecule has 0 aliphatic rings. The number of hydrogen-bond acceptors (Lipinski definition) is 2. The maximum atomic E-state index is 5.77. The van der Waals surface area contributed by atoms with Crippen molar-refractivity contribution in [3.8, 4) is 0 Å². The Balaban J connectivity index is 3.11. The minimum atomic E-state index is 0.624. The van der Waals surface area contributed by atoms with E-state index in [1.54, 1.807) is 0 Å². The summed E-state index contributed by atoms with van der Waals surface area (Å²) in [5.41, 5.74) is 9.62. The Morgan fingerprint density at radius 3 is 2.36 bits per heavy atom. The predicted octanol–water partition coefficient (Wildman–Crippen LogP) is 2.30. The van der Waals surface area contributed by atoms with Gasteiger partial charge in [0.05, 0.1) is 0 Å². The normalized spacial score (nSPS) is 10.3. The van der Waals surface area contributed by atoms with Crippen molar-refractivity contribution >= 4 is 5.69 Å². The minimum Gasteiger partial charge on any atom is -0.372 e. The molecule has 0 heterocycles. The van der Waals surface area contributed by atoms with Gasteiger partial charge in [0.1, 0.15) is 0 Å². The van der Waals surface area contributed by atoms with Crippen molar-refractivity contribution in [3.05, 3.63) is 29.3 Å². The first kappa shape index (κ1) is 11.1. The van der Waals surface area contributed by atoms with Gasteiger partial charge in [-0.05, 0) is 38.0 Å². The molecule has 0 fully saturated rings. The number of rotatable bonds is 4. The molecule has 0 aromatic heterocycles. The van der Waals surface area contributed by atoms with Crippen LogP contribution in [0.3, 0.4) is 0 Å². The Bertz CT molecular complexity index is 290. The smallest absolute Gasteiger partial charge is 0.0414 e. The molecule has 0 saturated heterocycles. The fourth-order valence-electron chi connectivity index (χ4n) is 1.81. The van der Waals surface area contributed by atoms with Gasteiger partial charge in [-0.15, -0.1) is 0 Å². The highest BCUT2D eigenvalue weighted by atomic mass is 15.1. The maximum absolute atomic E-state index is 5.77. The molecular weight excluding hydrogens is 172 g/mol. The molecule has 0 aliphatic carbocycles. The number of benzene rings is 1. The van der Waals surface area contributed by atoms with E-state index in [1.807, 2.05) is 0 Å². The molecule has 0 spiro atoms. The van der Waals surface area contributed by atoms with Gasteiger partial charge in [0.2, 0.25) is 0 Å². The van der Waals surface area contributed by atoms with Crippen LogP contribution < -0.4 is 10.6 Å². The lowest BCUT2D eigenvalue weighted by molar-refractivity contribution is 0.851. The summed E-state index contributed by atoms with van der Waals surface area (Å²) in [6.07, 6.45) is 0. The zero-order chi connectivity index (χ0) is 10.6. The predicted molar refractivity (Wildman–Crippen MR) is 62.6 cm³/mol. The second kappa shape index (κ2) is 5.01. The van der Waals surface area contributed by atoms with Crippen LogP contribution in [0.2, 0.25) is 0 Å². The Labute approximate surface area is 86.7 Å². The number of nitrogens with zero attached hydrogens (tertiary/aromatic N) is 1. The molecule has 2 nitrogen and oxygen atoms in total. The summed E-state index contributed by atoms with van der Waals surface area (Å²) in [5, 5.41) is 0. The molecule has 1 aromatic rings. The van der Waals surface area contributed by atoms with Gasteiger partial charge in [0.25, 0.3) is 0 Å². The SMILES string of the molecule is CCN(CC)c1cccc(C)c1CN. The van der Waals surface area contributed by atoms with Crippen molar-refractivity contribution < 1.29 is 0 Å². The van der Waals surface area contributed by atoms with E-state index < -0.39 is 0 Å². The van der Waals surface area contributed by atoms with Gasteiger partial charge < -0.3 is 10.6 Å². The van der Waals surface area contributed by atoms with Crippen LogP contribution in [-0.2, 0) is 6.54 Å². The fourth-order valence-corrected chi connectivity index (χ4v) is 1.81. The average Bonchev–Trinajstić information content (AvgIpc) is 2.20. The lowest BCUT2D eigenvalue weighted by atomic mass is 10.1. The highest BCUT2D eigenvalue weighted by Crippen LogP contribution is 2.22. The highest BCUT2D eigenvalue weighted by Gasteiger charge is 2.08. The van der Waals surface area contributed by atoms with Crippen molar-refractivity contribution in [2.45, 2.75) is 27.3 Å². The Morgan fingerprint density at radius 2 is 1.86 bits per heavy atom. The van der Waals surface area contributed by atoms with E-state index in [9.17, 15) is 0 Å². The third kappa shape index (κ3) is 2.07. The summed E-state index contributed by atoms with van der Waals surface area (Å²) in [7, 11) is 0. The molecule has 0 saturated carbocycles. The summed E-state index contributed by atoms with van der Waals surface area (Å²) in [6.45, 7) is 9.16. The quantitative estimate of drug-likeness (QED) is 0.793. The van der Waals surface area contributed by atoms with Crippen molar-refractivity contribution in [2.75, 3.05) is 18.0 Å². The lowest BCUT2D eigenvalue weighted by Gasteiger charge is -2.24. The maximum Gasteiger partial charge on any atom is 0.0414 e. The van der Waals surface area contributed by atoms with Crippen LogP contribution in [0, 0.1) is 6.92 Å². The third-order valence-corrected chi connectivity index (χ3v) is 2.69. The summed E-state index contributed by atoms with van der Waals surface area (Å²) in [5.74, 6) is 0. The lowest BCUT2D eigenvalue weighted by Crippen LogP contribution is -2.24. The van der Waals surface area contributed by atoms with E-state index >= 15 is 0 Å². The number of anilines is 1. The topological polar surface area (TPSA) is 29.3 Å².